The van der Waals surface area contributed by atoms with Crippen LogP contribution >= 0.6 is 45.7 Å². The Labute approximate surface area is 150 Å². The van der Waals surface area contributed by atoms with Crippen LogP contribution < -0.4 is 10.6 Å². The molecular weight excluding hydrogens is 435 g/mol. The highest BCUT2D eigenvalue weighted by Gasteiger charge is 2.08. The number of aromatic nitrogens is 2. The van der Waals surface area contributed by atoms with E-state index in [1.807, 2.05) is 24.3 Å². The van der Waals surface area contributed by atoms with Crippen molar-refractivity contribution in [2.75, 3.05) is 36.6 Å². The average Bonchev–Trinajstić information content (AvgIpc) is 2.93. The van der Waals surface area contributed by atoms with E-state index in [1.54, 1.807) is 7.11 Å². The summed E-state index contributed by atoms with van der Waals surface area (Å²) < 4.78 is 6.79. The van der Waals surface area contributed by atoms with E-state index in [1.165, 1.54) is 23.1 Å². The van der Waals surface area contributed by atoms with Crippen molar-refractivity contribution in [2.45, 2.75) is 4.34 Å². The van der Waals surface area contributed by atoms with Gasteiger partial charge in [-0.3, -0.25) is 4.79 Å². The highest BCUT2D eigenvalue weighted by atomic mass is 127. The minimum absolute atomic E-state index is 0.0592. The molecule has 0 unspecified atom stereocenters. The molecular formula is C13H15IN4O2S2. The number of anilines is 2. The van der Waals surface area contributed by atoms with Crippen LogP contribution in [0.1, 0.15) is 0 Å². The Morgan fingerprint density at radius 3 is 3.09 bits per heavy atom. The maximum atomic E-state index is 11.9. The van der Waals surface area contributed by atoms with Gasteiger partial charge in [-0.1, -0.05) is 29.2 Å². The molecule has 1 heterocycles. The molecule has 2 rings (SSSR count). The summed E-state index contributed by atoms with van der Waals surface area (Å²) >= 11 is 5.01. The van der Waals surface area contributed by atoms with Crippen molar-refractivity contribution in [3.63, 3.8) is 0 Å². The number of methoxy groups -OCH3 is 1. The van der Waals surface area contributed by atoms with Crippen molar-refractivity contribution in [3.8, 4) is 0 Å². The van der Waals surface area contributed by atoms with E-state index >= 15 is 0 Å². The van der Waals surface area contributed by atoms with E-state index in [-0.39, 0.29) is 5.91 Å². The third-order valence-corrected chi connectivity index (χ3v) is 5.11. The van der Waals surface area contributed by atoms with Gasteiger partial charge < -0.3 is 15.4 Å². The van der Waals surface area contributed by atoms with E-state index in [2.05, 4.69) is 43.4 Å². The molecule has 1 aromatic heterocycles. The van der Waals surface area contributed by atoms with E-state index < -0.39 is 0 Å². The van der Waals surface area contributed by atoms with Crippen LogP contribution in [0.5, 0.6) is 0 Å². The molecule has 2 N–H and O–H groups in total. The minimum atomic E-state index is -0.0592. The van der Waals surface area contributed by atoms with Gasteiger partial charge in [0.05, 0.1) is 12.4 Å². The van der Waals surface area contributed by atoms with E-state index in [0.717, 1.165) is 18.7 Å². The Balaban J connectivity index is 1.76. The lowest BCUT2D eigenvalue weighted by Crippen LogP contribution is -2.13. The lowest BCUT2D eigenvalue weighted by molar-refractivity contribution is -0.113. The predicted molar refractivity (Wildman–Crippen MR) is 98.8 cm³/mol. The van der Waals surface area contributed by atoms with Crippen molar-refractivity contribution in [1.82, 2.24) is 10.2 Å². The lowest BCUT2D eigenvalue weighted by Gasteiger charge is -2.04. The molecule has 118 valence electrons. The topological polar surface area (TPSA) is 76.1 Å². The molecule has 1 amide bonds. The fourth-order valence-electron chi connectivity index (χ4n) is 1.49. The van der Waals surface area contributed by atoms with E-state index in [4.69, 9.17) is 4.74 Å². The van der Waals surface area contributed by atoms with Gasteiger partial charge in [-0.25, -0.2) is 0 Å². The largest absolute Gasteiger partial charge is 0.383 e. The summed E-state index contributed by atoms with van der Waals surface area (Å²) in [5.41, 5.74) is 0.802. The maximum Gasteiger partial charge on any atom is 0.234 e. The van der Waals surface area contributed by atoms with E-state index in [0.29, 0.717) is 18.9 Å². The summed E-state index contributed by atoms with van der Waals surface area (Å²) in [5, 5.41) is 14.7. The van der Waals surface area contributed by atoms with Gasteiger partial charge in [0.25, 0.3) is 0 Å². The number of nitrogens with one attached hydrogen (secondary N) is 2. The molecule has 9 heteroatoms. The van der Waals surface area contributed by atoms with Gasteiger partial charge >= 0.3 is 0 Å². The Morgan fingerprint density at radius 1 is 1.45 bits per heavy atom. The van der Waals surface area contributed by atoms with Crippen LogP contribution in [-0.4, -0.2) is 42.1 Å². The molecule has 22 heavy (non-hydrogen) atoms. The number of carbonyl (C=O) groups excluding carboxylic acids is 1. The van der Waals surface area contributed by atoms with Crippen molar-refractivity contribution >= 4 is 62.4 Å². The van der Waals surface area contributed by atoms with Gasteiger partial charge in [-0.15, -0.1) is 10.2 Å². The number of benzene rings is 1. The molecule has 0 saturated heterocycles. The molecule has 0 atom stereocenters. The second-order valence-corrected chi connectivity index (χ2v) is 7.59. The summed E-state index contributed by atoms with van der Waals surface area (Å²) in [5.74, 6) is 0.245. The van der Waals surface area contributed by atoms with Crippen LogP contribution in [0.3, 0.4) is 0 Å². The number of halogens is 1. The number of thioether (sulfide) groups is 1. The molecule has 0 bridgehead atoms. The van der Waals surface area contributed by atoms with Crippen LogP contribution in [-0.2, 0) is 9.53 Å². The molecule has 2 aromatic rings. The highest BCUT2D eigenvalue weighted by Crippen LogP contribution is 2.25. The first-order valence-corrected chi connectivity index (χ1v) is 9.30. The van der Waals surface area contributed by atoms with Gasteiger partial charge in [0, 0.05) is 22.9 Å². The normalized spacial score (nSPS) is 10.5. The monoisotopic (exact) mass is 450 g/mol. The van der Waals surface area contributed by atoms with Crippen LogP contribution in [0.4, 0.5) is 10.8 Å². The number of amides is 1. The summed E-state index contributed by atoms with van der Waals surface area (Å²) in [6.45, 7) is 1.29. The molecule has 0 saturated carbocycles. The minimum Gasteiger partial charge on any atom is -0.383 e. The zero-order valence-corrected chi connectivity index (χ0v) is 15.6. The summed E-state index contributed by atoms with van der Waals surface area (Å²) in [4.78, 5) is 11.9. The highest BCUT2D eigenvalue weighted by molar-refractivity contribution is 14.1. The average molecular weight is 450 g/mol. The molecule has 0 spiro atoms. The maximum absolute atomic E-state index is 11.9. The summed E-state index contributed by atoms with van der Waals surface area (Å²) in [6.07, 6.45) is 0. The SMILES string of the molecule is COCCNc1nnc(SCC(=O)Nc2cccc(I)c2)s1. The molecule has 0 fully saturated rings. The number of hydrogen-bond acceptors (Lipinski definition) is 7. The van der Waals surface area contributed by atoms with Gasteiger partial charge in [-0.05, 0) is 40.8 Å². The number of ether oxygens (including phenoxy) is 1. The third-order valence-electron chi connectivity index (χ3n) is 2.42. The zero-order chi connectivity index (χ0) is 15.8. The standard InChI is InChI=1S/C13H15IN4O2S2/c1-20-6-5-15-12-17-18-13(22-12)21-8-11(19)16-10-4-2-3-9(14)7-10/h2-4,7H,5-6,8H2,1H3,(H,15,17)(H,16,19). The fourth-order valence-corrected chi connectivity index (χ4v) is 3.61. The Kier molecular flexibility index (Phi) is 7.36. The predicted octanol–water partition coefficient (Wildman–Crippen LogP) is 2.93. The molecule has 6 nitrogen and oxygen atoms in total. The smallest absolute Gasteiger partial charge is 0.234 e. The van der Waals surface area contributed by atoms with Crippen molar-refractivity contribution in [3.05, 3.63) is 27.8 Å². The van der Waals surface area contributed by atoms with Crippen LogP contribution in [0.25, 0.3) is 0 Å². The molecule has 0 aliphatic rings. The van der Waals surface area contributed by atoms with Gasteiger partial charge in [-0.2, -0.15) is 0 Å². The molecule has 0 aliphatic heterocycles. The van der Waals surface area contributed by atoms with Gasteiger partial charge in [0.15, 0.2) is 4.34 Å². The second-order valence-electron chi connectivity index (χ2n) is 4.14. The van der Waals surface area contributed by atoms with Crippen LogP contribution in [0.2, 0.25) is 0 Å². The first kappa shape index (κ1) is 17.4. The second kappa shape index (κ2) is 9.28. The first-order valence-electron chi connectivity index (χ1n) is 6.42. The number of carbonyl (C=O) groups is 1. The zero-order valence-electron chi connectivity index (χ0n) is 11.8. The lowest BCUT2D eigenvalue weighted by atomic mass is 10.3. The van der Waals surface area contributed by atoms with Crippen LogP contribution in [0, 0.1) is 3.57 Å². The number of nitrogens with zero attached hydrogens (tertiary/aromatic N) is 2. The van der Waals surface area contributed by atoms with Gasteiger partial charge in [0.1, 0.15) is 0 Å². The Bertz CT molecular complexity index is 624. The number of rotatable bonds is 8. The summed E-state index contributed by atoms with van der Waals surface area (Å²) in [7, 11) is 1.65. The molecule has 1 aromatic carbocycles. The van der Waals surface area contributed by atoms with E-state index in [9.17, 15) is 4.79 Å². The molecule has 0 aliphatic carbocycles. The van der Waals surface area contributed by atoms with Crippen molar-refractivity contribution in [1.29, 1.82) is 0 Å². The fraction of sp³-hybridized carbons (Fsp3) is 0.308. The first-order chi connectivity index (χ1) is 10.7. The summed E-state index contributed by atoms with van der Waals surface area (Å²) in [6, 6.07) is 7.68. The van der Waals surface area contributed by atoms with Gasteiger partial charge in [0.2, 0.25) is 11.0 Å². The Morgan fingerprint density at radius 2 is 2.32 bits per heavy atom. The Hall–Kier alpha value is -0.910. The van der Waals surface area contributed by atoms with Crippen molar-refractivity contribution in [2.24, 2.45) is 0 Å². The van der Waals surface area contributed by atoms with Crippen LogP contribution in [0.15, 0.2) is 28.6 Å². The molecule has 0 radical (unpaired) electrons. The number of hydrogen-bond donors (Lipinski definition) is 2. The third kappa shape index (κ3) is 6.07. The quantitative estimate of drug-likeness (QED) is 0.366. The van der Waals surface area contributed by atoms with Crippen molar-refractivity contribution < 1.29 is 9.53 Å².